The van der Waals surface area contributed by atoms with Crippen molar-refractivity contribution in [2.75, 3.05) is 75.9 Å². The van der Waals surface area contributed by atoms with E-state index in [1.54, 1.807) is 12.0 Å². The Morgan fingerprint density at radius 1 is 0.782 bits per heavy atom. The van der Waals surface area contributed by atoms with Crippen molar-refractivity contribution >= 4 is 28.4 Å². The number of methoxy groups -OCH3 is 1. The van der Waals surface area contributed by atoms with Crippen molar-refractivity contribution in [1.29, 1.82) is 0 Å². The SMILES string of the molecule is COCCN1CCC[C@H]1COc1nc2c(c(N3CCN(C(=O)OCc4ccccc4)CC3)n1)CCN(c1cc(OCc3ccccc3)cc3ccccc13)C2. The van der Waals surface area contributed by atoms with Gasteiger partial charge in [-0.15, -0.1) is 0 Å². The molecule has 11 nitrogen and oxygen atoms in total. The average Bonchev–Trinajstić information content (AvgIpc) is 3.70. The van der Waals surface area contributed by atoms with Crippen LogP contribution in [0, 0.1) is 0 Å². The van der Waals surface area contributed by atoms with Crippen LogP contribution in [0.1, 0.15) is 35.2 Å². The molecule has 0 bridgehead atoms. The van der Waals surface area contributed by atoms with Crippen LogP contribution in [0.3, 0.4) is 0 Å². The molecule has 55 heavy (non-hydrogen) atoms. The predicted octanol–water partition coefficient (Wildman–Crippen LogP) is 6.72. The second-order valence-corrected chi connectivity index (χ2v) is 14.5. The Labute approximate surface area is 323 Å². The van der Waals surface area contributed by atoms with Crippen LogP contribution in [0.2, 0.25) is 0 Å². The minimum absolute atomic E-state index is 0.262. The van der Waals surface area contributed by atoms with Gasteiger partial charge in [-0.05, 0) is 48.4 Å². The highest BCUT2D eigenvalue weighted by Gasteiger charge is 2.31. The van der Waals surface area contributed by atoms with Crippen molar-refractivity contribution in [1.82, 2.24) is 19.8 Å². The fraction of sp³-hybridized carbons (Fsp3) is 0.386. The van der Waals surface area contributed by atoms with Crippen molar-refractivity contribution in [3.63, 3.8) is 0 Å². The molecule has 1 atom stereocenters. The van der Waals surface area contributed by atoms with E-state index < -0.39 is 0 Å². The lowest BCUT2D eigenvalue weighted by Gasteiger charge is -2.38. The Hall–Kier alpha value is -5.39. The Balaban J connectivity index is 1.03. The number of hydrogen-bond acceptors (Lipinski definition) is 10. The lowest BCUT2D eigenvalue weighted by molar-refractivity contribution is 0.0940. The second kappa shape index (κ2) is 17.4. The van der Waals surface area contributed by atoms with Gasteiger partial charge in [0.1, 0.15) is 31.4 Å². The van der Waals surface area contributed by atoms with E-state index in [1.807, 2.05) is 48.5 Å². The molecule has 2 saturated heterocycles. The Morgan fingerprint density at radius 3 is 2.31 bits per heavy atom. The summed E-state index contributed by atoms with van der Waals surface area (Å²) in [6.07, 6.45) is 2.71. The molecule has 0 radical (unpaired) electrons. The quantitative estimate of drug-likeness (QED) is 0.130. The number of fused-ring (bicyclic) bond motifs is 2. The van der Waals surface area contributed by atoms with E-state index in [2.05, 4.69) is 63.2 Å². The zero-order valence-corrected chi connectivity index (χ0v) is 31.6. The summed E-state index contributed by atoms with van der Waals surface area (Å²) in [6.45, 7) is 7.72. The minimum atomic E-state index is -0.287. The summed E-state index contributed by atoms with van der Waals surface area (Å²) in [5.41, 5.74) is 5.34. The van der Waals surface area contributed by atoms with Crippen molar-refractivity contribution in [3.8, 4) is 11.8 Å². The average molecular weight is 743 g/mol. The maximum Gasteiger partial charge on any atom is 0.410 e. The maximum atomic E-state index is 13.0. The van der Waals surface area contributed by atoms with Gasteiger partial charge in [-0.2, -0.15) is 9.97 Å². The molecule has 2 fully saturated rings. The number of aromatic nitrogens is 2. The normalized spacial score (nSPS) is 17.3. The summed E-state index contributed by atoms with van der Waals surface area (Å²) < 4.78 is 23.9. The summed E-state index contributed by atoms with van der Waals surface area (Å²) in [4.78, 5) is 32.2. The lowest BCUT2D eigenvalue weighted by Crippen LogP contribution is -2.49. The van der Waals surface area contributed by atoms with Crippen molar-refractivity contribution < 1.29 is 23.7 Å². The number of nitrogens with zero attached hydrogens (tertiary/aromatic N) is 6. The second-order valence-electron chi connectivity index (χ2n) is 14.5. The number of likely N-dealkylation sites (tertiary alicyclic amines) is 1. The first-order chi connectivity index (χ1) is 27.1. The molecular weight excluding hydrogens is 693 g/mol. The molecule has 3 aliphatic rings. The zero-order chi connectivity index (χ0) is 37.4. The standard InChI is InChI=1S/C44H50N6O5/c1-52-26-25-47-19-10-16-36(47)32-54-43-45-40-29-50(41-28-37(27-35-15-8-9-17-38(35)41)53-30-33-11-4-2-5-12-33)20-18-39(40)42(46-43)48-21-23-49(24-22-48)44(51)55-31-34-13-6-3-7-14-34/h2-9,11-15,17,27-28,36H,10,16,18-26,29-32H2,1H3/t36-/m0/s1. The first-order valence-corrected chi connectivity index (χ1v) is 19.5. The van der Waals surface area contributed by atoms with E-state index in [1.165, 1.54) is 5.39 Å². The van der Waals surface area contributed by atoms with Crippen LogP contribution in [0.25, 0.3) is 10.8 Å². The number of rotatable bonds is 13. The van der Waals surface area contributed by atoms with E-state index in [4.69, 9.17) is 28.9 Å². The number of ether oxygens (including phenoxy) is 4. The third-order valence-electron chi connectivity index (χ3n) is 11.0. The van der Waals surface area contributed by atoms with E-state index in [-0.39, 0.29) is 12.7 Å². The molecule has 3 aliphatic heterocycles. The van der Waals surface area contributed by atoms with Crippen LogP contribution in [0.5, 0.6) is 11.8 Å². The fourth-order valence-electron chi connectivity index (χ4n) is 7.94. The largest absolute Gasteiger partial charge is 0.489 e. The molecule has 4 aromatic carbocycles. The number of carbonyl (C=O) groups excluding carboxylic acids is 1. The van der Waals surface area contributed by atoms with Crippen molar-refractivity contribution in [2.24, 2.45) is 0 Å². The molecular formula is C44H50N6O5. The van der Waals surface area contributed by atoms with E-state index in [9.17, 15) is 4.79 Å². The van der Waals surface area contributed by atoms with Crippen LogP contribution < -0.4 is 19.3 Å². The number of hydrogen-bond donors (Lipinski definition) is 0. The van der Waals surface area contributed by atoms with Crippen LogP contribution in [-0.4, -0.2) is 98.0 Å². The van der Waals surface area contributed by atoms with Crippen molar-refractivity contribution in [2.45, 2.75) is 45.1 Å². The van der Waals surface area contributed by atoms with Gasteiger partial charge < -0.3 is 33.6 Å². The summed E-state index contributed by atoms with van der Waals surface area (Å²) in [5, 5.41) is 2.31. The molecule has 5 aromatic rings. The molecule has 8 rings (SSSR count). The van der Waals surface area contributed by atoms with Gasteiger partial charge in [0.25, 0.3) is 0 Å². The molecule has 286 valence electrons. The van der Waals surface area contributed by atoms with Gasteiger partial charge in [0.2, 0.25) is 0 Å². The zero-order valence-electron chi connectivity index (χ0n) is 31.6. The molecule has 4 heterocycles. The monoisotopic (exact) mass is 742 g/mol. The highest BCUT2D eigenvalue weighted by molar-refractivity contribution is 5.96. The van der Waals surface area contributed by atoms with Crippen LogP contribution in [0.4, 0.5) is 16.3 Å². The molecule has 11 heteroatoms. The Kier molecular flexibility index (Phi) is 11.6. The van der Waals surface area contributed by atoms with Gasteiger partial charge in [-0.1, -0.05) is 84.9 Å². The van der Waals surface area contributed by atoms with Gasteiger partial charge in [-0.25, -0.2) is 4.79 Å². The molecule has 0 aliphatic carbocycles. The van der Waals surface area contributed by atoms with E-state index in [0.29, 0.717) is 64.6 Å². The third-order valence-corrected chi connectivity index (χ3v) is 11.0. The highest BCUT2D eigenvalue weighted by Crippen LogP contribution is 2.37. The molecule has 0 N–H and O–H groups in total. The minimum Gasteiger partial charge on any atom is -0.489 e. The van der Waals surface area contributed by atoms with Crippen LogP contribution in [-0.2, 0) is 35.7 Å². The van der Waals surface area contributed by atoms with Gasteiger partial charge in [0.15, 0.2) is 0 Å². The molecule has 0 saturated carbocycles. The Bertz CT molecular complexity index is 2040. The number of carbonyl (C=O) groups is 1. The predicted molar refractivity (Wildman–Crippen MR) is 214 cm³/mol. The molecule has 0 spiro atoms. The number of piperazine rings is 1. The fourth-order valence-corrected chi connectivity index (χ4v) is 7.94. The summed E-state index contributed by atoms with van der Waals surface area (Å²) in [7, 11) is 1.75. The maximum absolute atomic E-state index is 13.0. The van der Waals surface area contributed by atoms with Crippen molar-refractivity contribution in [3.05, 3.63) is 119 Å². The van der Waals surface area contributed by atoms with Gasteiger partial charge in [0, 0.05) is 75.1 Å². The van der Waals surface area contributed by atoms with E-state index in [0.717, 1.165) is 83.9 Å². The summed E-state index contributed by atoms with van der Waals surface area (Å²) in [6, 6.07) is 33.6. The first kappa shape index (κ1) is 36.6. The smallest absolute Gasteiger partial charge is 0.410 e. The van der Waals surface area contributed by atoms with E-state index >= 15 is 0 Å². The highest BCUT2D eigenvalue weighted by atomic mass is 16.6. The molecule has 1 aromatic heterocycles. The van der Waals surface area contributed by atoms with Gasteiger partial charge in [-0.3, -0.25) is 4.90 Å². The molecule has 0 unspecified atom stereocenters. The first-order valence-electron chi connectivity index (χ1n) is 19.5. The Morgan fingerprint density at radius 2 is 1.53 bits per heavy atom. The lowest BCUT2D eigenvalue weighted by atomic mass is 10.0. The summed E-state index contributed by atoms with van der Waals surface area (Å²) >= 11 is 0. The molecule has 1 amide bonds. The summed E-state index contributed by atoms with van der Waals surface area (Å²) in [5.74, 6) is 1.75. The van der Waals surface area contributed by atoms with Gasteiger partial charge in [0.05, 0.1) is 18.8 Å². The third kappa shape index (κ3) is 8.79. The number of benzene rings is 4. The number of anilines is 2. The van der Waals surface area contributed by atoms with Crippen LogP contribution in [0.15, 0.2) is 97.1 Å². The van der Waals surface area contributed by atoms with Crippen LogP contribution >= 0.6 is 0 Å². The van der Waals surface area contributed by atoms with Gasteiger partial charge >= 0.3 is 12.1 Å². The number of amides is 1. The topological polar surface area (TPSA) is 92.7 Å².